The minimum Gasteiger partial charge on any atom is -0.484 e. The number of ether oxygens (including phenoxy) is 1. The zero-order chi connectivity index (χ0) is 15.4. The molecule has 0 saturated carbocycles. The molecular weight excluding hydrogens is 288 g/mol. The Balaban J connectivity index is 1.87. The first-order valence-electron chi connectivity index (χ1n) is 7.39. The third-order valence-electron chi connectivity index (χ3n) is 4.05. The standard InChI is InChI=1S/C16H23ClN2O2/c1-11-8-14(5-6-15(11)17)21-10-16(20)19-7-3-4-13(9-19)12(2)18/h5-6,8,12-13H,3-4,7,9-10,18H2,1-2H3. The maximum atomic E-state index is 12.2. The van der Waals surface area contributed by atoms with Gasteiger partial charge in [-0.1, -0.05) is 11.6 Å². The van der Waals surface area contributed by atoms with E-state index in [0.29, 0.717) is 16.7 Å². The molecule has 1 saturated heterocycles. The summed E-state index contributed by atoms with van der Waals surface area (Å²) in [5.41, 5.74) is 6.88. The van der Waals surface area contributed by atoms with Gasteiger partial charge in [0, 0.05) is 24.2 Å². The number of nitrogens with two attached hydrogens (primary N) is 1. The molecule has 0 aliphatic carbocycles. The molecule has 1 aliphatic rings. The fraction of sp³-hybridized carbons (Fsp3) is 0.562. The number of hydrogen-bond donors (Lipinski definition) is 1. The first-order chi connectivity index (χ1) is 9.97. The van der Waals surface area contributed by atoms with Crippen molar-refractivity contribution in [2.45, 2.75) is 32.7 Å². The predicted octanol–water partition coefficient (Wildman–Crippen LogP) is 2.61. The van der Waals surface area contributed by atoms with Crippen molar-refractivity contribution in [2.24, 2.45) is 11.7 Å². The van der Waals surface area contributed by atoms with Gasteiger partial charge in [0.1, 0.15) is 5.75 Å². The highest BCUT2D eigenvalue weighted by atomic mass is 35.5. The summed E-state index contributed by atoms with van der Waals surface area (Å²) in [6.45, 7) is 5.51. The minimum atomic E-state index is 0.0213. The lowest BCUT2D eigenvalue weighted by molar-refractivity contribution is -0.135. The van der Waals surface area contributed by atoms with Crippen LogP contribution in [0.25, 0.3) is 0 Å². The summed E-state index contributed by atoms with van der Waals surface area (Å²) < 4.78 is 5.57. The predicted molar refractivity (Wildman–Crippen MR) is 84.6 cm³/mol. The third-order valence-corrected chi connectivity index (χ3v) is 4.47. The second-order valence-corrected chi connectivity index (χ2v) is 6.21. The van der Waals surface area contributed by atoms with Crippen LogP contribution >= 0.6 is 11.6 Å². The second-order valence-electron chi connectivity index (χ2n) is 5.80. The molecule has 2 unspecified atom stereocenters. The molecule has 2 N–H and O–H groups in total. The number of rotatable bonds is 4. The lowest BCUT2D eigenvalue weighted by Gasteiger charge is -2.34. The van der Waals surface area contributed by atoms with Crippen LogP contribution in [0.3, 0.4) is 0 Å². The quantitative estimate of drug-likeness (QED) is 0.930. The van der Waals surface area contributed by atoms with Crippen LogP contribution in [0.2, 0.25) is 5.02 Å². The average molecular weight is 311 g/mol. The van der Waals surface area contributed by atoms with Gasteiger partial charge in [-0.2, -0.15) is 0 Å². The maximum Gasteiger partial charge on any atom is 0.260 e. The number of hydrogen-bond acceptors (Lipinski definition) is 3. The third kappa shape index (κ3) is 4.35. The summed E-state index contributed by atoms with van der Waals surface area (Å²) in [5.74, 6) is 1.08. The highest BCUT2D eigenvalue weighted by molar-refractivity contribution is 6.31. The van der Waals surface area contributed by atoms with Gasteiger partial charge in [-0.25, -0.2) is 0 Å². The molecule has 0 radical (unpaired) electrons. The number of likely N-dealkylation sites (tertiary alicyclic amines) is 1. The molecule has 2 atom stereocenters. The molecule has 0 aromatic heterocycles. The van der Waals surface area contributed by atoms with Gasteiger partial charge in [-0.3, -0.25) is 4.79 Å². The zero-order valence-corrected chi connectivity index (χ0v) is 13.4. The summed E-state index contributed by atoms with van der Waals surface area (Å²) in [6, 6.07) is 5.53. The SMILES string of the molecule is Cc1cc(OCC(=O)N2CCCC(C(C)N)C2)ccc1Cl. The molecule has 2 rings (SSSR count). The van der Waals surface area contributed by atoms with Gasteiger partial charge < -0.3 is 15.4 Å². The molecule has 1 aromatic rings. The number of benzene rings is 1. The van der Waals surface area contributed by atoms with E-state index < -0.39 is 0 Å². The Hall–Kier alpha value is -1.26. The van der Waals surface area contributed by atoms with E-state index in [0.717, 1.165) is 31.5 Å². The van der Waals surface area contributed by atoms with Crippen LogP contribution in [-0.4, -0.2) is 36.5 Å². The Morgan fingerprint density at radius 3 is 3.00 bits per heavy atom. The summed E-state index contributed by atoms with van der Waals surface area (Å²) in [6.07, 6.45) is 2.11. The molecule has 1 aromatic carbocycles. The molecule has 4 nitrogen and oxygen atoms in total. The molecule has 1 aliphatic heterocycles. The zero-order valence-electron chi connectivity index (χ0n) is 12.6. The van der Waals surface area contributed by atoms with Gasteiger partial charge in [0.2, 0.25) is 0 Å². The maximum absolute atomic E-state index is 12.2. The van der Waals surface area contributed by atoms with Crippen molar-refractivity contribution in [1.82, 2.24) is 4.90 Å². The number of halogens is 1. The molecule has 0 bridgehead atoms. The van der Waals surface area contributed by atoms with Gasteiger partial charge in [-0.15, -0.1) is 0 Å². The molecule has 0 spiro atoms. The Morgan fingerprint density at radius 1 is 1.57 bits per heavy atom. The minimum absolute atomic E-state index is 0.0213. The molecule has 1 fully saturated rings. The van der Waals surface area contributed by atoms with Crippen molar-refractivity contribution in [1.29, 1.82) is 0 Å². The van der Waals surface area contributed by atoms with Gasteiger partial charge in [0.15, 0.2) is 6.61 Å². The van der Waals surface area contributed by atoms with Crippen molar-refractivity contribution in [3.8, 4) is 5.75 Å². The number of nitrogens with zero attached hydrogens (tertiary/aromatic N) is 1. The van der Waals surface area contributed by atoms with E-state index in [1.54, 1.807) is 12.1 Å². The van der Waals surface area contributed by atoms with Crippen LogP contribution in [0.5, 0.6) is 5.75 Å². The molecule has 21 heavy (non-hydrogen) atoms. The summed E-state index contributed by atoms with van der Waals surface area (Å²) in [7, 11) is 0. The van der Waals surface area contributed by atoms with Crippen molar-refractivity contribution in [3.63, 3.8) is 0 Å². The first kappa shape index (κ1) is 16.1. The van der Waals surface area contributed by atoms with Crippen molar-refractivity contribution in [3.05, 3.63) is 28.8 Å². The number of piperidine rings is 1. The number of aryl methyl sites for hydroxylation is 1. The highest BCUT2D eigenvalue weighted by Gasteiger charge is 2.25. The van der Waals surface area contributed by atoms with Crippen LogP contribution in [-0.2, 0) is 4.79 Å². The van der Waals surface area contributed by atoms with Crippen molar-refractivity contribution in [2.75, 3.05) is 19.7 Å². The molecule has 5 heteroatoms. The summed E-state index contributed by atoms with van der Waals surface area (Å²) in [4.78, 5) is 14.1. The van der Waals surface area contributed by atoms with Crippen LogP contribution in [0.4, 0.5) is 0 Å². The lowest BCUT2D eigenvalue weighted by atomic mass is 9.92. The monoisotopic (exact) mass is 310 g/mol. The van der Waals surface area contributed by atoms with Gasteiger partial charge in [0.25, 0.3) is 5.91 Å². The largest absolute Gasteiger partial charge is 0.484 e. The smallest absolute Gasteiger partial charge is 0.260 e. The van der Waals surface area contributed by atoms with E-state index in [1.165, 1.54) is 0 Å². The fourth-order valence-electron chi connectivity index (χ4n) is 2.61. The second kappa shape index (κ2) is 7.14. The lowest BCUT2D eigenvalue weighted by Crippen LogP contribution is -2.46. The molecule has 1 heterocycles. The highest BCUT2D eigenvalue weighted by Crippen LogP contribution is 2.22. The Labute approximate surface area is 131 Å². The van der Waals surface area contributed by atoms with Crippen LogP contribution in [0, 0.1) is 12.8 Å². The molecule has 116 valence electrons. The van der Waals surface area contributed by atoms with E-state index in [1.807, 2.05) is 24.8 Å². The summed E-state index contributed by atoms with van der Waals surface area (Å²) >= 11 is 5.97. The first-order valence-corrected chi connectivity index (χ1v) is 7.77. The van der Waals surface area contributed by atoms with E-state index in [4.69, 9.17) is 22.1 Å². The van der Waals surface area contributed by atoms with E-state index in [2.05, 4.69) is 0 Å². The van der Waals surface area contributed by atoms with Gasteiger partial charge in [-0.05, 0) is 56.4 Å². The Morgan fingerprint density at radius 2 is 2.33 bits per heavy atom. The Bertz CT molecular complexity index is 505. The van der Waals surface area contributed by atoms with Crippen LogP contribution in [0.15, 0.2) is 18.2 Å². The normalized spacial score (nSPS) is 20.2. The molecule has 1 amide bonds. The van der Waals surface area contributed by atoms with Crippen LogP contribution < -0.4 is 10.5 Å². The fourth-order valence-corrected chi connectivity index (χ4v) is 2.73. The Kier molecular flexibility index (Phi) is 5.48. The average Bonchev–Trinajstić information content (AvgIpc) is 2.48. The van der Waals surface area contributed by atoms with E-state index in [9.17, 15) is 4.79 Å². The van der Waals surface area contributed by atoms with Crippen molar-refractivity contribution < 1.29 is 9.53 Å². The number of carbonyl (C=O) groups excluding carboxylic acids is 1. The molecular formula is C16H23ClN2O2. The van der Waals surface area contributed by atoms with Gasteiger partial charge in [0.05, 0.1) is 0 Å². The van der Waals surface area contributed by atoms with Crippen molar-refractivity contribution >= 4 is 17.5 Å². The van der Waals surface area contributed by atoms with Gasteiger partial charge >= 0.3 is 0 Å². The van der Waals surface area contributed by atoms with E-state index >= 15 is 0 Å². The topological polar surface area (TPSA) is 55.6 Å². The summed E-state index contributed by atoms with van der Waals surface area (Å²) in [5, 5.41) is 0.699. The van der Waals surface area contributed by atoms with E-state index in [-0.39, 0.29) is 18.6 Å². The number of carbonyl (C=O) groups is 1. The van der Waals surface area contributed by atoms with Crippen LogP contribution in [0.1, 0.15) is 25.3 Å². The number of amides is 1.